The number of benzene rings is 2. The zero-order chi connectivity index (χ0) is 13.5. The number of epoxide rings is 1. The van der Waals surface area contributed by atoms with Crippen molar-refractivity contribution in [3.63, 3.8) is 0 Å². The van der Waals surface area contributed by atoms with Gasteiger partial charge in [-0.1, -0.05) is 41.9 Å². The maximum Gasteiger partial charge on any atom is 0.179 e. The van der Waals surface area contributed by atoms with E-state index in [-0.39, 0.29) is 5.82 Å². The van der Waals surface area contributed by atoms with Crippen molar-refractivity contribution in [3.05, 3.63) is 70.5 Å². The standard InChI is InChI=1S/C15H10ClFO2/c16-13-4-2-1-3-12(13)14-15(9-18,19-14)10-5-7-11(17)8-6-10/h1-9,14H/t14-,15-/m1/s1/i5+2,6+2,7+2,10+2,11+2. The molecule has 1 fully saturated rings. The second-order valence-electron chi connectivity index (χ2n) is 4.44. The molecule has 0 aliphatic carbocycles. The van der Waals surface area contributed by atoms with Crippen LogP contribution in [0.15, 0.2) is 48.5 Å². The lowest BCUT2D eigenvalue weighted by Crippen LogP contribution is -2.12. The Kier molecular flexibility index (Phi) is 2.88. The third-order valence-electron chi connectivity index (χ3n) is 3.30. The number of carbonyl (C=O) groups is 1. The summed E-state index contributed by atoms with van der Waals surface area (Å²) in [6, 6.07) is 13.0. The van der Waals surface area contributed by atoms with Crippen LogP contribution in [0.25, 0.3) is 0 Å². The molecule has 4 heteroatoms. The van der Waals surface area contributed by atoms with E-state index in [2.05, 4.69) is 0 Å². The van der Waals surface area contributed by atoms with E-state index in [4.69, 9.17) is 16.3 Å². The maximum absolute atomic E-state index is 12.9. The van der Waals surface area contributed by atoms with Crippen molar-refractivity contribution in [2.75, 3.05) is 0 Å². The highest BCUT2D eigenvalue weighted by atomic mass is 35.5. The number of halogens is 2. The van der Waals surface area contributed by atoms with Gasteiger partial charge in [-0.05, 0) is 23.8 Å². The molecule has 0 aromatic heterocycles. The Balaban J connectivity index is 1.99. The molecule has 0 amide bonds. The third-order valence-corrected chi connectivity index (χ3v) is 3.65. The largest absolute Gasteiger partial charge is 0.348 e. The van der Waals surface area contributed by atoms with Gasteiger partial charge in [-0.3, -0.25) is 4.79 Å². The van der Waals surface area contributed by atoms with Crippen LogP contribution < -0.4 is 0 Å². The molecular weight excluding hydrogens is 277 g/mol. The molecule has 1 saturated heterocycles. The molecule has 0 spiro atoms. The fourth-order valence-electron chi connectivity index (χ4n) is 2.23. The summed E-state index contributed by atoms with van der Waals surface area (Å²) in [7, 11) is 0. The second kappa shape index (κ2) is 4.44. The molecule has 19 heavy (non-hydrogen) atoms. The Morgan fingerprint density at radius 1 is 1.42 bits per heavy atom. The van der Waals surface area contributed by atoms with Crippen LogP contribution in [0.3, 0.4) is 0 Å². The highest BCUT2D eigenvalue weighted by Gasteiger charge is 2.59. The van der Waals surface area contributed by atoms with E-state index in [1.165, 1.54) is 12.1 Å². The summed E-state index contributed by atoms with van der Waals surface area (Å²) in [6.45, 7) is 0. The SMILES string of the molecule is O=C[C@]1([14c]2[14cH]c[14c](F)[14cH][14cH]2)O[C@@H]1c1ccccc1Cl. The average molecular weight is 287 g/mol. The molecule has 0 saturated carbocycles. The smallest absolute Gasteiger partial charge is 0.179 e. The predicted octanol–water partition coefficient (Wildman–Crippen LogP) is 3.64. The van der Waals surface area contributed by atoms with Crippen LogP contribution in [0.1, 0.15) is 17.2 Å². The minimum absolute atomic E-state index is 0.347. The topological polar surface area (TPSA) is 29.6 Å². The first-order valence-corrected chi connectivity index (χ1v) is 6.20. The summed E-state index contributed by atoms with van der Waals surface area (Å²) in [5.74, 6) is -0.347. The number of rotatable bonds is 3. The van der Waals surface area contributed by atoms with Crippen molar-refractivity contribution in [2.45, 2.75) is 11.7 Å². The summed E-state index contributed by atoms with van der Waals surface area (Å²) in [4.78, 5) is 11.4. The normalized spacial score (nSPS) is 25.1. The maximum atomic E-state index is 12.9. The first-order chi connectivity index (χ1) is 9.17. The molecule has 2 nitrogen and oxygen atoms in total. The lowest BCUT2D eigenvalue weighted by atomic mass is 10.1. The van der Waals surface area contributed by atoms with Gasteiger partial charge < -0.3 is 4.74 Å². The Morgan fingerprint density at radius 2 is 2.21 bits per heavy atom. The molecular formula is C15H10ClFO2. The molecule has 0 bridgehead atoms. The molecule has 1 aliphatic heterocycles. The first kappa shape index (κ1) is 12.3. The van der Waals surface area contributed by atoms with Crippen LogP contribution in [-0.4, -0.2) is 6.29 Å². The zero-order valence-electron chi connectivity index (χ0n) is 9.85. The van der Waals surface area contributed by atoms with Crippen molar-refractivity contribution in [1.82, 2.24) is 0 Å². The van der Waals surface area contributed by atoms with Gasteiger partial charge >= 0.3 is 0 Å². The highest BCUT2D eigenvalue weighted by molar-refractivity contribution is 6.31. The number of ether oxygens (including phenoxy) is 1. The van der Waals surface area contributed by atoms with E-state index in [1.54, 1.807) is 18.2 Å². The minimum atomic E-state index is -1.04. The fraction of sp³-hybridized carbons (Fsp3) is 0.133. The van der Waals surface area contributed by atoms with Crippen LogP contribution in [0.2, 0.25) is 5.02 Å². The van der Waals surface area contributed by atoms with Gasteiger partial charge in [0.25, 0.3) is 0 Å². The lowest BCUT2D eigenvalue weighted by molar-refractivity contribution is -0.112. The number of carbonyl (C=O) groups excluding carboxylic acids is 1. The average Bonchev–Trinajstić information content (AvgIpc) is 3.16. The zero-order valence-corrected chi connectivity index (χ0v) is 10.6. The minimum Gasteiger partial charge on any atom is -0.348 e. The van der Waals surface area contributed by atoms with E-state index in [0.717, 1.165) is 11.8 Å². The monoisotopic (exact) mass is 286 g/mol. The van der Waals surface area contributed by atoms with Crippen molar-refractivity contribution < 1.29 is 13.9 Å². The van der Waals surface area contributed by atoms with Crippen molar-refractivity contribution >= 4 is 17.9 Å². The van der Waals surface area contributed by atoms with Gasteiger partial charge in [0.05, 0.1) is 0 Å². The molecule has 1 aliphatic rings. The number of hydrogen-bond donors (Lipinski definition) is 0. The van der Waals surface area contributed by atoms with Crippen LogP contribution in [0, 0.1) is 5.82 Å². The van der Waals surface area contributed by atoms with E-state index in [1.807, 2.05) is 18.2 Å². The Labute approximate surface area is 114 Å². The van der Waals surface area contributed by atoms with Crippen molar-refractivity contribution in [1.29, 1.82) is 0 Å². The van der Waals surface area contributed by atoms with E-state index < -0.39 is 11.7 Å². The van der Waals surface area contributed by atoms with Crippen LogP contribution in [0.5, 0.6) is 0 Å². The summed E-state index contributed by atoms with van der Waals surface area (Å²) in [6.07, 6.45) is 0.331. The van der Waals surface area contributed by atoms with Gasteiger partial charge in [-0.25, -0.2) is 4.39 Å². The van der Waals surface area contributed by atoms with Crippen molar-refractivity contribution in [3.8, 4) is 0 Å². The summed E-state index contributed by atoms with van der Waals surface area (Å²) < 4.78 is 18.5. The lowest BCUT2D eigenvalue weighted by Gasteiger charge is -2.06. The summed E-state index contributed by atoms with van der Waals surface area (Å²) >= 11 is 6.10. The second-order valence-corrected chi connectivity index (χ2v) is 4.84. The van der Waals surface area contributed by atoms with Gasteiger partial charge in [0.2, 0.25) is 0 Å². The van der Waals surface area contributed by atoms with Crippen molar-refractivity contribution in [2.24, 2.45) is 0 Å². The predicted molar refractivity (Wildman–Crippen MR) is 69.4 cm³/mol. The molecule has 2 atom stereocenters. The fourth-order valence-corrected chi connectivity index (χ4v) is 2.47. The van der Waals surface area contributed by atoms with E-state index >= 15 is 0 Å². The Hall–Kier alpha value is -1.71. The van der Waals surface area contributed by atoms with Crippen LogP contribution in [-0.2, 0) is 15.1 Å². The number of hydrogen-bond acceptors (Lipinski definition) is 2. The van der Waals surface area contributed by atoms with E-state index in [9.17, 15) is 9.18 Å². The molecule has 0 unspecified atom stereocenters. The Morgan fingerprint density at radius 3 is 2.84 bits per heavy atom. The van der Waals surface area contributed by atoms with Gasteiger partial charge in [-0.15, -0.1) is 0 Å². The molecule has 1 heterocycles. The molecule has 3 rings (SSSR count). The van der Waals surface area contributed by atoms with E-state index in [0.29, 0.717) is 10.6 Å². The van der Waals surface area contributed by atoms with Crippen LogP contribution >= 0.6 is 11.6 Å². The van der Waals surface area contributed by atoms with Gasteiger partial charge in [0.15, 0.2) is 11.9 Å². The molecule has 0 N–H and O–H groups in total. The van der Waals surface area contributed by atoms with Gasteiger partial charge in [0, 0.05) is 10.6 Å². The molecule has 2 aromatic carbocycles. The highest BCUT2D eigenvalue weighted by Crippen LogP contribution is 2.56. The molecule has 2 aromatic rings. The van der Waals surface area contributed by atoms with Crippen LogP contribution in [0.4, 0.5) is 4.39 Å². The molecule has 0 radical (unpaired) electrons. The Bertz CT molecular complexity index is 626. The van der Waals surface area contributed by atoms with Gasteiger partial charge in [0.1, 0.15) is 11.9 Å². The quantitative estimate of drug-likeness (QED) is 0.637. The summed E-state index contributed by atoms with van der Waals surface area (Å²) in [5.41, 5.74) is 0.355. The van der Waals surface area contributed by atoms with Gasteiger partial charge in [-0.2, -0.15) is 0 Å². The number of aldehydes is 1. The first-order valence-electron chi connectivity index (χ1n) is 5.82. The molecule has 96 valence electrons. The third kappa shape index (κ3) is 1.95. The summed E-state index contributed by atoms with van der Waals surface area (Å²) in [5, 5.41) is 0.554.